The number of aryl methyl sites for hydroxylation is 1. The molecule has 0 amide bonds. The lowest BCUT2D eigenvalue weighted by Crippen LogP contribution is -2.16. The maximum Gasteiger partial charge on any atom is 0.151 e. The van der Waals surface area contributed by atoms with E-state index in [-0.39, 0.29) is 0 Å². The monoisotopic (exact) mass is 301 g/mol. The summed E-state index contributed by atoms with van der Waals surface area (Å²) in [5.41, 5.74) is 1.94. The molecule has 0 fully saturated rings. The van der Waals surface area contributed by atoms with Gasteiger partial charge in [0, 0.05) is 11.8 Å². The van der Waals surface area contributed by atoms with E-state index in [9.17, 15) is 0 Å². The van der Waals surface area contributed by atoms with Crippen LogP contribution in [0.4, 0.5) is 0 Å². The van der Waals surface area contributed by atoms with E-state index in [2.05, 4.69) is 28.5 Å². The summed E-state index contributed by atoms with van der Waals surface area (Å²) in [5, 5.41) is 15.1. The Morgan fingerprint density at radius 1 is 1.19 bits per heavy atom. The zero-order valence-corrected chi connectivity index (χ0v) is 12.9. The first-order valence-corrected chi connectivity index (χ1v) is 8.20. The van der Waals surface area contributed by atoms with Gasteiger partial charge >= 0.3 is 0 Å². The molecule has 0 spiro atoms. The summed E-state index contributed by atoms with van der Waals surface area (Å²) in [5.74, 6) is 0. The van der Waals surface area contributed by atoms with E-state index in [0.29, 0.717) is 0 Å². The minimum absolute atomic E-state index is 0.896. The number of nitrogens with one attached hydrogen (secondary N) is 1. The fourth-order valence-electron chi connectivity index (χ4n) is 2.27. The number of aromatic nitrogens is 2. The van der Waals surface area contributed by atoms with Crippen molar-refractivity contribution in [2.75, 3.05) is 13.1 Å². The van der Waals surface area contributed by atoms with Crippen molar-refractivity contribution >= 4 is 22.3 Å². The Morgan fingerprint density at radius 3 is 3.00 bits per heavy atom. The highest BCUT2D eigenvalue weighted by molar-refractivity contribution is 7.14. The summed E-state index contributed by atoms with van der Waals surface area (Å²) in [7, 11) is 0. The molecule has 0 atom stereocenters. The van der Waals surface area contributed by atoms with Crippen molar-refractivity contribution in [1.82, 2.24) is 15.5 Å². The first kappa shape index (κ1) is 14.2. The maximum absolute atomic E-state index is 5.57. The molecule has 3 rings (SSSR count). The molecule has 0 radical (unpaired) electrons. The number of para-hydroxylation sites is 1. The van der Waals surface area contributed by atoms with E-state index in [1.807, 2.05) is 18.2 Å². The van der Waals surface area contributed by atoms with E-state index in [4.69, 9.17) is 4.42 Å². The third-order valence-corrected chi connectivity index (χ3v) is 4.37. The van der Waals surface area contributed by atoms with Gasteiger partial charge in [0.15, 0.2) is 5.01 Å². The minimum Gasteiger partial charge on any atom is -0.464 e. The Kier molecular flexibility index (Phi) is 4.62. The van der Waals surface area contributed by atoms with Crippen LogP contribution in [0.25, 0.3) is 21.5 Å². The Morgan fingerprint density at radius 2 is 2.10 bits per heavy atom. The smallest absolute Gasteiger partial charge is 0.151 e. The lowest BCUT2D eigenvalue weighted by Gasteiger charge is -1.99. The summed E-state index contributed by atoms with van der Waals surface area (Å²) in [6, 6.07) is 8.03. The molecular formula is C16H19N3OS. The van der Waals surface area contributed by atoms with Crippen molar-refractivity contribution in [2.24, 2.45) is 0 Å². The van der Waals surface area contributed by atoms with Gasteiger partial charge in [0.05, 0.1) is 5.56 Å². The zero-order valence-electron chi connectivity index (χ0n) is 12.1. The molecule has 1 N–H and O–H groups in total. The molecule has 1 aromatic carbocycles. The number of rotatable bonds is 7. The van der Waals surface area contributed by atoms with Gasteiger partial charge < -0.3 is 9.73 Å². The van der Waals surface area contributed by atoms with Gasteiger partial charge in [-0.15, -0.1) is 10.2 Å². The molecule has 0 aliphatic carbocycles. The van der Waals surface area contributed by atoms with Gasteiger partial charge in [-0.25, -0.2) is 0 Å². The van der Waals surface area contributed by atoms with Gasteiger partial charge in [-0.2, -0.15) is 0 Å². The first-order valence-electron chi connectivity index (χ1n) is 7.38. The fourth-order valence-corrected chi connectivity index (χ4v) is 3.17. The summed E-state index contributed by atoms with van der Waals surface area (Å²) >= 11 is 1.66. The second-order valence-electron chi connectivity index (χ2n) is 5.00. The molecule has 0 aliphatic heterocycles. The number of nitrogens with zero attached hydrogens (tertiary/aromatic N) is 2. The average Bonchev–Trinajstić information content (AvgIpc) is 3.13. The molecular weight excluding hydrogens is 282 g/mol. The number of furan rings is 1. The van der Waals surface area contributed by atoms with E-state index >= 15 is 0 Å². The van der Waals surface area contributed by atoms with Gasteiger partial charge in [-0.1, -0.05) is 36.5 Å². The van der Waals surface area contributed by atoms with Gasteiger partial charge in [-0.05, 0) is 32.0 Å². The summed E-state index contributed by atoms with van der Waals surface area (Å²) in [6.07, 6.45) is 5.03. The summed E-state index contributed by atoms with van der Waals surface area (Å²) in [4.78, 5) is 0. The predicted octanol–water partition coefficient (Wildman–Crippen LogP) is 3.88. The molecule has 0 aliphatic rings. The van der Waals surface area contributed by atoms with Crippen molar-refractivity contribution in [3.05, 3.63) is 35.5 Å². The molecule has 110 valence electrons. The number of benzene rings is 1. The molecule has 4 nitrogen and oxygen atoms in total. The van der Waals surface area contributed by atoms with E-state index in [0.717, 1.165) is 52.5 Å². The van der Waals surface area contributed by atoms with E-state index < -0.39 is 0 Å². The van der Waals surface area contributed by atoms with Crippen molar-refractivity contribution in [3.63, 3.8) is 0 Å². The third kappa shape index (κ3) is 3.31. The van der Waals surface area contributed by atoms with Crippen molar-refractivity contribution in [2.45, 2.75) is 26.2 Å². The molecule has 3 aromatic rings. The van der Waals surface area contributed by atoms with Crippen molar-refractivity contribution < 1.29 is 4.42 Å². The topological polar surface area (TPSA) is 51.0 Å². The molecule has 2 aromatic heterocycles. The van der Waals surface area contributed by atoms with Crippen LogP contribution in [0.15, 0.2) is 34.9 Å². The van der Waals surface area contributed by atoms with Gasteiger partial charge in [0.25, 0.3) is 0 Å². The molecule has 0 saturated carbocycles. The SMILES string of the molecule is CCCNCCCc1nnc(-c2coc3ccccc23)s1. The van der Waals surface area contributed by atoms with Gasteiger partial charge in [0.1, 0.15) is 16.9 Å². The number of hydrogen-bond donors (Lipinski definition) is 1. The molecule has 0 saturated heterocycles. The van der Waals surface area contributed by atoms with Crippen LogP contribution in [0.1, 0.15) is 24.8 Å². The van der Waals surface area contributed by atoms with Crippen LogP contribution in [0.2, 0.25) is 0 Å². The largest absolute Gasteiger partial charge is 0.464 e. The predicted molar refractivity (Wildman–Crippen MR) is 86.6 cm³/mol. The van der Waals surface area contributed by atoms with E-state index in [1.54, 1.807) is 17.6 Å². The second kappa shape index (κ2) is 6.83. The molecule has 2 heterocycles. The standard InChI is InChI=1S/C16H19N3OS/c1-2-9-17-10-5-8-15-18-19-16(21-15)13-11-20-14-7-4-3-6-12(13)14/h3-4,6-7,11,17H,2,5,8-10H2,1H3. The zero-order chi connectivity index (χ0) is 14.5. The van der Waals surface area contributed by atoms with Crippen molar-refractivity contribution in [3.8, 4) is 10.6 Å². The Balaban J connectivity index is 1.67. The van der Waals surface area contributed by atoms with Crippen molar-refractivity contribution in [1.29, 1.82) is 0 Å². The van der Waals surface area contributed by atoms with Crippen LogP contribution in [0, 0.1) is 0 Å². The van der Waals surface area contributed by atoms with E-state index in [1.165, 1.54) is 6.42 Å². The van der Waals surface area contributed by atoms with Crippen LogP contribution in [-0.4, -0.2) is 23.3 Å². The van der Waals surface area contributed by atoms with Crippen LogP contribution >= 0.6 is 11.3 Å². The minimum atomic E-state index is 0.896. The quantitative estimate of drug-likeness (QED) is 0.673. The molecule has 0 bridgehead atoms. The highest BCUT2D eigenvalue weighted by Gasteiger charge is 2.12. The summed E-state index contributed by atoms with van der Waals surface area (Å²) in [6.45, 7) is 4.30. The van der Waals surface area contributed by atoms with Gasteiger partial charge in [-0.3, -0.25) is 0 Å². The summed E-state index contributed by atoms with van der Waals surface area (Å²) < 4.78 is 5.57. The van der Waals surface area contributed by atoms with Gasteiger partial charge in [0.2, 0.25) is 0 Å². The Hall–Kier alpha value is -1.72. The number of fused-ring (bicyclic) bond motifs is 1. The lowest BCUT2D eigenvalue weighted by atomic mass is 10.2. The second-order valence-corrected chi connectivity index (χ2v) is 6.06. The fraction of sp³-hybridized carbons (Fsp3) is 0.375. The first-order chi connectivity index (χ1) is 10.4. The highest BCUT2D eigenvalue weighted by atomic mass is 32.1. The third-order valence-electron chi connectivity index (χ3n) is 3.35. The highest BCUT2D eigenvalue weighted by Crippen LogP contribution is 2.32. The molecule has 5 heteroatoms. The van der Waals surface area contributed by atoms with Crippen LogP contribution in [0.5, 0.6) is 0 Å². The Labute approximate surface area is 128 Å². The van der Waals surface area contributed by atoms with Crippen LogP contribution < -0.4 is 5.32 Å². The van der Waals surface area contributed by atoms with Crippen LogP contribution in [0.3, 0.4) is 0 Å². The lowest BCUT2D eigenvalue weighted by molar-refractivity contribution is 0.617. The van der Waals surface area contributed by atoms with Crippen LogP contribution in [-0.2, 0) is 6.42 Å². The molecule has 0 unspecified atom stereocenters. The normalized spacial score (nSPS) is 11.3. The number of hydrogen-bond acceptors (Lipinski definition) is 5. The maximum atomic E-state index is 5.57. The Bertz CT molecular complexity index is 704. The molecule has 21 heavy (non-hydrogen) atoms. The average molecular weight is 301 g/mol.